The number of hydrogen-bond acceptors (Lipinski definition) is 4. The number of phenolic OH excluding ortho intramolecular Hbond substituents is 2. The number of aliphatic hydroxyl groups excluding tert-OH is 1. The van der Waals surface area contributed by atoms with Gasteiger partial charge in [0.25, 0.3) is 0 Å². The number of aromatic hydroxyl groups is 2. The van der Waals surface area contributed by atoms with Gasteiger partial charge in [0.05, 0.1) is 0 Å². The maximum Gasteiger partial charge on any atom is 0.122 e. The Morgan fingerprint density at radius 1 is 0.704 bits per heavy atom. The fourth-order valence-electron chi connectivity index (χ4n) is 3.66. The summed E-state index contributed by atoms with van der Waals surface area (Å²) in [6, 6.07) is 8.04. The van der Waals surface area contributed by atoms with Gasteiger partial charge in [0.2, 0.25) is 0 Å². The van der Waals surface area contributed by atoms with Crippen molar-refractivity contribution in [1.29, 1.82) is 0 Å². The smallest absolute Gasteiger partial charge is 0.122 e. The van der Waals surface area contributed by atoms with Gasteiger partial charge in [0.15, 0.2) is 0 Å². The second kappa shape index (κ2) is 9.77. The number of rotatable bonds is 9. The standard InChI is InChI=1S/C23H33NO3/c1-16-10-18(3)22(26)20(12-16)14-24(8-6-5-7-9-25)15-21-13-17(2)11-19(4)23(21)27/h10-13,25-27H,5-9,14-15H2,1-4H3. The van der Waals surface area contributed by atoms with Gasteiger partial charge in [-0.05, 0) is 64.6 Å². The Kier molecular flexibility index (Phi) is 7.69. The molecule has 2 aromatic carbocycles. The van der Waals surface area contributed by atoms with E-state index >= 15 is 0 Å². The minimum Gasteiger partial charge on any atom is -0.507 e. The van der Waals surface area contributed by atoms with Gasteiger partial charge in [-0.25, -0.2) is 0 Å². The van der Waals surface area contributed by atoms with Crippen LogP contribution in [0, 0.1) is 27.7 Å². The van der Waals surface area contributed by atoms with E-state index in [1.54, 1.807) is 0 Å². The van der Waals surface area contributed by atoms with E-state index < -0.39 is 0 Å². The van der Waals surface area contributed by atoms with Crippen LogP contribution in [-0.4, -0.2) is 33.4 Å². The van der Waals surface area contributed by atoms with Crippen molar-refractivity contribution >= 4 is 0 Å². The highest BCUT2D eigenvalue weighted by atomic mass is 16.3. The molecule has 0 aliphatic heterocycles. The molecule has 2 rings (SSSR count). The van der Waals surface area contributed by atoms with Gasteiger partial charge in [-0.15, -0.1) is 0 Å². The third-order valence-corrected chi connectivity index (χ3v) is 4.97. The van der Waals surface area contributed by atoms with Crippen molar-refractivity contribution in [3.8, 4) is 11.5 Å². The van der Waals surface area contributed by atoms with E-state index in [0.29, 0.717) is 24.6 Å². The average molecular weight is 372 g/mol. The van der Waals surface area contributed by atoms with Crippen LogP contribution in [0.3, 0.4) is 0 Å². The van der Waals surface area contributed by atoms with Crippen molar-refractivity contribution in [2.24, 2.45) is 0 Å². The molecular weight excluding hydrogens is 338 g/mol. The molecule has 0 saturated heterocycles. The Balaban J connectivity index is 2.24. The number of benzene rings is 2. The van der Waals surface area contributed by atoms with Crippen molar-refractivity contribution < 1.29 is 15.3 Å². The first kappa shape index (κ1) is 21.3. The molecule has 0 amide bonds. The van der Waals surface area contributed by atoms with E-state index in [-0.39, 0.29) is 6.61 Å². The molecule has 0 radical (unpaired) electrons. The van der Waals surface area contributed by atoms with Gasteiger partial charge in [-0.1, -0.05) is 35.4 Å². The van der Waals surface area contributed by atoms with Crippen LogP contribution in [0.5, 0.6) is 11.5 Å². The van der Waals surface area contributed by atoms with Crippen molar-refractivity contribution in [1.82, 2.24) is 4.90 Å². The average Bonchev–Trinajstić information content (AvgIpc) is 2.60. The summed E-state index contributed by atoms with van der Waals surface area (Å²) < 4.78 is 0. The van der Waals surface area contributed by atoms with Crippen LogP contribution >= 0.6 is 0 Å². The number of phenols is 2. The van der Waals surface area contributed by atoms with Crippen LogP contribution in [0.2, 0.25) is 0 Å². The molecule has 0 atom stereocenters. The molecule has 27 heavy (non-hydrogen) atoms. The molecule has 2 aromatic rings. The first-order valence-electron chi connectivity index (χ1n) is 9.73. The number of aryl methyl sites for hydroxylation is 4. The lowest BCUT2D eigenvalue weighted by Crippen LogP contribution is -2.24. The number of nitrogens with zero attached hydrogens (tertiary/aromatic N) is 1. The van der Waals surface area contributed by atoms with Gasteiger partial charge in [-0.2, -0.15) is 0 Å². The lowest BCUT2D eigenvalue weighted by atomic mass is 10.0. The first-order chi connectivity index (χ1) is 12.8. The van der Waals surface area contributed by atoms with Gasteiger partial charge in [0.1, 0.15) is 11.5 Å². The van der Waals surface area contributed by atoms with Gasteiger partial charge >= 0.3 is 0 Å². The lowest BCUT2D eigenvalue weighted by Gasteiger charge is -2.24. The zero-order valence-corrected chi connectivity index (χ0v) is 17.0. The highest BCUT2D eigenvalue weighted by Gasteiger charge is 2.15. The topological polar surface area (TPSA) is 63.9 Å². The first-order valence-corrected chi connectivity index (χ1v) is 9.73. The van der Waals surface area contributed by atoms with E-state index in [4.69, 9.17) is 5.11 Å². The molecule has 0 fully saturated rings. The molecule has 4 nitrogen and oxygen atoms in total. The van der Waals surface area contributed by atoms with Gasteiger partial charge in [0, 0.05) is 30.8 Å². The summed E-state index contributed by atoms with van der Waals surface area (Å²) in [5.41, 5.74) is 5.88. The fraction of sp³-hybridized carbons (Fsp3) is 0.478. The maximum absolute atomic E-state index is 10.5. The fourth-order valence-corrected chi connectivity index (χ4v) is 3.66. The molecule has 0 unspecified atom stereocenters. The van der Waals surface area contributed by atoms with Crippen LogP contribution in [0.25, 0.3) is 0 Å². The Hall–Kier alpha value is -2.04. The normalized spacial score (nSPS) is 11.3. The molecule has 0 saturated carbocycles. The van der Waals surface area contributed by atoms with Crippen LogP contribution in [0.1, 0.15) is 52.6 Å². The van der Waals surface area contributed by atoms with Gasteiger partial charge in [-0.3, -0.25) is 4.90 Å². The molecule has 0 aliphatic rings. The second-order valence-corrected chi connectivity index (χ2v) is 7.67. The summed E-state index contributed by atoms with van der Waals surface area (Å²) in [6.07, 6.45) is 2.74. The van der Waals surface area contributed by atoms with Crippen molar-refractivity contribution in [3.05, 3.63) is 57.6 Å². The largest absolute Gasteiger partial charge is 0.507 e. The summed E-state index contributed by atoms with van der Waals surface area (Å²) in [5.74, 6) is 0.705. The molecule has 4 heteroatoms. The number of unbranched alkanes of at least 4 members (excludes halogenated alkanes) is 2. The van der Waals surface area contributed by atoms with Gasteiger partial charge < -0.3 is 15.3 Å². The highest BCUT2D eigenvalue weighted by molar-refractivity contribution is 5.44. The second-order valence-electron chi connectivity index (χ2n) is 7.67. The Morgan fingerprint density at radius 2 is 1.19 bits per heavy atom. The minimum absolute atomic E-state index is 0.218. The van der Waals surface area contributed by atoms with Crippen molar-refractivity contribution in [2.45, 2.75) is 60.0 Å². The Morgan fingerprint density at radius 3 is 1.63 bits per heavy atom. The number of aliphatic hydroxyl groups is 1. The van der Waals surface area contributed by atoms with Crippen LogP contribution in [-0.2, 0) is 13.1 Å². The molecule has 0 spiro atoms. The third-order valence-electron chi connectivity index (χ3n) is 4.97. The molecular formula is C23H33NO3. The van der Waals surface area contributed by atoms with Crippen LogP contribution < -0.4 is 0 Å². The predicted octanol–water partition coefficient (Wildman–Crippen LogP) is 4.50. The van der Waals surface area contributed by atoms with Crippen molar-refractivity contribution in [2.75, 3.05) is 13.2 Å². The Bertz CT molecular complexity index is 711. The zero-order valence-electron chi connectivity index (χ0n) is 17.0. The van der Waals surface area contributed by atoms with E-state index in [2.05, 4.69) is 4.90 Å². The summed E-state index contributed by atoms with van der Waals surface area (Å²) in [6.45, 7) is 10.2. The molecule has 0 bridgehead atoms. The van der Waals surface area contributed by atoms with E-state index in [1.807, 2.05) is 52.0 Å². The van der Waals surface area contributed by atoms with Crippen LogP contribution in [0.4, 0.5) is 0 Å². The quantitative estimate of drug-likeness (QED) is 0.568. The monoisotopic (exact) mass is 371 g/mol. The lowest BCUT2D eigenvalue weighted by molar-refractivity contribution is 0.235. The third kappa shape index (κ3) is 5.98. The summed E-state index contributed by atoms with van der Waals surface area (Å²) >= 11 is 0. The Labute approximate surface area is 163 Å². The molecule has 0 heterocycles. The van der Waals surface area contributed by atoms with E-state index in [9.17, 15) is 10.2 Å². The SMILES string of the molecule is Cc1cc(C)c(O)c(CN(CCCCCO)Cc2cc(C)cc(C)c2O)c1. The minimum atomic E-state index is 0.218. The number of hydrogen-bond donors (Lipinski definition) is 3. The summed E-state index contributed by atoms with van der Waals surface area (Å²) in [7, 11) is 0. The van der Waals surface area contributed by atoms with Crippen LogP contribution in [0.15, 0.2) is 24.3 Å². The molecule has 3 N–H and O–H groups in total. The highest BCUT2D eigenvalue weighted by Crippen LogP contribution is 2.28. The maximum atomic E-state index is 10.5. The predicted molar refractivity (Wildman–Crippen MR) is 110 cm³/mol. The van der Waals surface area contributed by atoms with Crippen molar-refractivity contribution in [3.63, 3.8) is 0 Å². The van der Waals surface area contributed by atoms with E-state index in [1.165, 1.54) is 0 Å². The molecule has 0 aliphatic carbocycles. The summed E-state index contributed by atoms with van der Waals surface area (Å²) in [4.78, 5) is 2.26. The molecule has 0 aromatic heterocycles. The van der Waals surface area contributed by atoms with E-state index in [0.717, 1.165) is 59.2 Å². The zero-order chi connectivity index (χ0) is 20.0. The summed E-state index contributed by atoms with van der Waals surface area (Å²) in [5, 5.41) is 30.0. The molecule has 148 valence electrons.